The molecule has 1 aromatic heterocycles. The number of nitrogens with one attached hydrogen (secondary N) is 2. The topological polar surface area (TPSA) is 67.5 Å². The zero-order valence-corrected chi connectivity index (χ0v) is 24.2. The largest absolute Gasteiger partial charge is 0.495 e. The second-order valence-corrected chi connectivity index (χ2v) is 11.6. The Morgan fingerprint density at radius 2 is 1.80 bits per heavy atom. The number of ether oxygens (including phenoxy) is 1. The van der Waals surface area contributed by atoms with E-state index in [1.807, 2.05) is 30.3 Å². The lowest BCUT2D eigenvalue weighted by Gasteiger charge is -2.39. The number of hydrogen-bond acceptors (Lipinski definition) is 6. The molecule has 0 atom stereocenters. The lowest BCUT2D eigenvalue weighted by Crippen LogP contribution is -2.43. The number of halogens is 3. The number of methoxy groups -OCH3 is 1. The molecular weight excluding hydrogens is 547 g/mol. The van der Waals surface area contributed by atoms with E-state index >= 15 is 0 Å². The first kappa shape index (κ1) is 29.5. The Kier molecular flexibility index (Phi) is 9.58. The van der Waals surface area contributed by atoms with Gasteiger partial charge in [-0.3, -0.25) is 5.14 Å². The molecule has 1 saturated heterocycles. The van der Waals surface area contributed by atoms with Gasteiger partial charge in [0.25, 0.3) is 0 Å². The smallest absolute Gasteiger partial charge is 0.406 e. The van der Waals surface area contributed by atoms with Gasteiger partial charge < -0.3 is 24.8 Å². The van der Waals surface area contributed by atoms with Crippen molar-refractivity contribution in [1.29, 1.82) is 0 Å². The first-order chi connectivity index (χ1) is 19.8. The van der Waals surface area contributed by atoms with Crippen molar-refractivity contribution in [2.75, 3.05) is 37.4 Å². The van der Waals surface area contributed by atoms with E-state index in [2.05, 4.69) is 27.4 Å². The zero-order valence-electron chi connectivity index (χ0n) is 23.4. The molecule has 1 aliphatic carbocycles. The van der Waals surface area contributed by atoms with Crippen molar-refractivity contribution < 1.29 is 17.9 Å². The number of fused-ring (bicyclic) bond motifs is 1. The molecule has 5 rings (SSSR count). The molecule has 2 aliphatic rings. The molecule has 2 heterocycles. The van der Waals surface area contributed by atoms with Crippen LogP contribution in [-0.4, -0.2) is 54.5 Å². The summed E-state index contributed by atoms with van der Waals surface area (Å²) in [5.41, 5.74) is 2.47. The van der Waals surface area contributed by atoms with E-state index in [0.717, 1.165) is 59.3 Å². The Hall–Kier alpha value is -3.00. The summed E-state index contributed by atoms with van der Waals surface area (Å²) in [5.74, 6) is 6.59. The predicted molar refractivity (Wildman–Crippen MR) is 161 cm³/mol. The fraction of sp³-hybridized carbons (Fsp3) is 0.484. The van der Waals surface area contributed by atoms with Crippen LogP contribution >= 0.6 is 11.9 Å². The Morgan fingerprint density at radius 3 is 2.51 bits per heavy atom. The number of alkyl halides is 3. The van der Waals surface area contributed by atoms with Crippen molar-refractivity contribution in [3.8, 4) is 17.6 Å². The van der Waals surface area contributed by atoms with Crippen LogP contribution in [0.1, 0.15) is 50.6 Å². The number of hydrogen-bond donors (Lipinski definition) is 3. The summed E-state index contributed by atoms with van der Waals surface area (Å²) in [4.78, 5) is 3.51. The van der Waals surface area contributed by atoms with Crippen molar-refractivity contribution in [1.82, 2.24) is 9.47 Å². The third kappa shape index (κ3) is 7.45. The number of benzene rings is 2. The van der Waals surface area contributed by atoms with Gasteiger partial charge >= 0.3 is 6.18 Å². The molecule has 0 radical (unpaired) electrons. The molecule has 4 N–H and O–H groups in total. The van der Waals surface area contributed by atoms with Gasteiger partial charge in [0.1, 0.15) is 12.3 Å². The van der Waals surface area contributed by atoms with Crippen molar-refractivity contribution >= 4 is 34.2 Å². The van der Waals surface area contributed by atoms with E-state index in [4.69, 9.17) is 9.88 Å². The summed E-state index contributed by atoms with van der Waals surface area (Å²) < 4.78 is 47.5. The molecule has 0 bridgehead atoms. The van der Waals surface area contributed by atoms with Crippen LogP contribution in [-0.2, 0) is 6.54 Å². The highest BCUT2D eigenvalue weighted by Crippen LogP contribution is 2.33. The van der Waals surface area contributed by atoms with Gasteiger partial charge in [-0.2, -0.15) is 13.2 Å². The second kappa shape index (κ2) is 13.3. The van der Waals surface area contributed by atoms with Crippen LogP contribution in [0.15, 0.2) is 47.4 Å². The monoisotopic (exact) mass is 585 g/mol. The van der Waals surface area contributed by atoms with Gasteiger partial charge in [-0.05, 0) is 106 Å². The molecule has 2 aromatic carbocycles. The van der Waals surface area contributed by atoms with E-state index in [9.17, 15) is 13.2 Å². The summed E-state index contributed by atoms with van der Waals surface area (Å²) in [5, 5.41) is 13.2. The van der Waals surface area contributed by atoms with E-state index in [1.165, 1.54) is 36.9 Å². The highest BCUT2D eigenvalue weighted by atomic mass is 32.2. The number of nitrogens with two attached hydrogens (primary N) is 1. The molecule has 0 amide bonds. The number of anilines is 2. The normalized spacial score (nSPS) is 19.9. The minimum absolute atomic E-state index is 0.240. The van der Waals surface area contributed by atoms with Crippen LogP contribution in [0.4, 0.5) is 24.5 Å². The number of likely N-dealkylation sites (tertiary alicyclic amines) is 1. The fourth-order valence-electron chi connectivity index (χ4n) is 6.12. The van der Waals surface area contributed by atoms with Crippen molar-refractivity contribution in [2.45, 2.75) is 74.6 Å². The zero-order chi connectivity index (χ0) is 28.8. The maximum Gasteiger partial charge on any atom is 0.406 e. The highest BCUT2D eigenvalue weighted by Gasteiger charge is 2.30. The van der Waals surface area contributed by atoms with Crippen LogP contribution in [0.3, 0.4) is 0 Å². The summed E-state index contributed by atoms with van der Waals surface area (Å²) in [7, 11) is 1.57. The molecule has 220 valence electrons. The molecule has 3 aromatic rings. The number of rotatable bonds is 8. The first-order valence-corrected chi connectivity index (χ1v) is 15.2. The minimum atomic E-state index is -4.37. The van der Waals surface area contributed by atoms with E-state index in [-0.39, 0.29) is 6.54 Å². The Labute approximate surface area is 244 Å². The van der Waals surface area contributed by atoms with Gasteiger partial charge in [-0.15, -0.1) is 0 Å². The number of nitrogens with zero attached hydrogens (tertiary/aromatic N) is 2. The average Bonchev–Trinajstić information content (AvgIpc) is 3.32. The van der Waals surface area contributed by atoms with Crippen LogP contribution in [0.2, 0.25) is 0 Å². The average molecular weight is 586 g/mol. The molecular formula is C31H38F3N5OS. The molecule has 0 spiro atoms. The summed E-state index contributed by atoms with van der Waals surface area (Å²) in [6, 6.07) is 13.8. The van der Waals surface area contributed by atoms with E-state index in [1.54, 1.807) is 19.2 Å². The Bertz CT molecular complexity index is 1380. The van der Waals surface area contributed by atoms with Gasteiger partial charge in [-0.1, -0.05) is 18.4 Å². The van der Waals surface area contributed by atoms with Crippen molar-refractivity contribution in [3.05, 3.63) is 48.2 Å². The number of aromatic nitrogens is 1. The third-order valence-corrected chi connectivity index (χ3v) is 8.67. The van der Waals surface area contributed by atoms with Gasteiger partial charge in [0.15, 0.2) is 0 Å². The van der Waals surface area contributed by atoms with Crippen molar-refractivity contribution in [3.63, 3.8) is 0 Å². The van der Waals surface area contributed by atoms with E-state index < -0.39 is 12.7 Å². The quantitative estimate of drug-likeness (QED) is 0.199. The molecule has 0 unspecified atom stereocenters. The lowest BCUT2D eigenvalue weighted by atomic mass is 9.89. The first-order valence-electron chi connectivity index (χ1n) is 14.3. The lowest BCUT2D eigenvalue weighted by molar-refractivity contribution is -0.140. The Morgan fingerprint density at radius 1 is 1.02 bits per heavy atom. The maximum atomic E-state index is 13.6. The summed E-state index contributed by atoms with van der Waals surface area (Å²) in [6.07, 6.45) is 4.01. The Balaban J connectivity index is 1.32. The van der Waals surface area contributed by atoms with Crippen LogP contribution in [0, 0.1) is 11.8 Å². The molecule has 1 saturated carbocycles. The van der Waals surface area contributed by atoms with Crippen LogP contribution < -0.4 is 20.5 Å². The van der Waals surface area contributed by atoms with Gasteiger partial charge in [-0.25, -0.2) is 0 Å². The SMILES string of the molecule is COc1cc(SN)ccc1NCC#Cc1cc2c(NC3CCC(N4CCCCC4)CC3)cccc2n1CC(F)(F)F. The second-order valence-electron chi connectivity index (χ2n) is 10.9. The molecule has 2 fully saturated rings. The van der Waals surface area contributed by atoms with Gasteiger partial charge in [0.2, 0.25) is 0 Å². The van der Waals surface area contributed by atoms with Crippen LogP contribution in [0.25, 0.3) is 10.9 Å². The van der Waals surface area contributed by atoms with Crippen molar-refractivity contribution in [2.24, 2.45) is 5.14 Å². The van der Waals surface area contributed by atoms with Gasteiger partial charge in [0.05, 0.1) is 30.6 Å². The maximum absolute atomic E-state index is 13.6. The third-order valence-electron chi connectivity index (χ3n) is 8.14. The summed E-state index contributed by atoms with van der Waals surface area (Å²) >= 11 is 1.12. The van der Waals surface area contributed by atoms with Gasteiger partial charge in [0, 0.05) is 28.1 Å². The molecule has 10 heteroatoms. The molecule has 1 aliphatic heterocycles. The number of piperidine rings is 1. The molecule has 41 heavy (non-hydrogen) atoms. The summed E-state index contributed by atoms with van der Waals surface area (Å²) in [6.45, 7) is 1.57. The van der Waals surface area contributed by atoms with E-state index in [0.29, 0.717) is 29.0 Å². The predicted octanol–water partition coefficient (Wildman–Crippen LogP) is 6.85. The molecule has 6 nitrogen and oxygen atoms in total. The van der Waals surface area contributed by atoms with Crippen LogP contribution in [0.5, 0.6) is 5.75 Å². The minimum Gasteiger partial charge on any atom is -0.495 e. The fourth-order valence-corrected chi connectivity index (χ4v) is 6.44. The standard InChI is InChI=1S/C31H38F3N5OS/c1-40-30-20-25(41-35)14-15-28(30)36-16-6-7-24-19-26-27(8-5-9-29(26)39(24)21-31(32,33)34)37-22-10-12-23(13-11-22)38-17-3-2-4-18-38/h5,8-9,14-15,19-20,22-23,36-37H,2-4,10-13,16-18,21,35H2,1H3. The highest BCUT2D eigenvalue weighted by molar-refractivity contribution is 7.97.